The van der Waals surface area contributed by atoms with Gasteiger partial charge in [-0.25, -0.2) is 0 Å². The summed E-state index contributed by atoms with van der Waals surface area (Å²) in [5.41, 5.74) is 2.51. The van der Waals surface area contributed by atoms with Crippen LogP contribution in [0, 0.1) is 0 Å². The van der Waals surface area contributed by atoms with Gasteiger partial charge in [-0.3, -0.25) is 14.5 Å². The Morgan fingerprint density at radius 2 is 1.03 bits per heavy atom. The van der Waals surface area contributed by atoms with Gasteiger partial charge in [-0.1, -0.05) is 60.7 Å². The van der Waals surface area contributed by atoms with Crippen LogP contribution in [-0.4, -0.2) is 65.8 Å². The zero-order valence-corrected chi connectivity index (χ0v) is 16.9. The van der Waals surface area contributed by atoms with Crippen molar-refractivity contribution in [3.05, 3.63) is 71.8 Å². The second-order valence-corrected chi connectivity index (χ2v) is 7.90. The number of carbonyl (C=O) groups excluding carboxylic acids is 2. The zero-order chi connectivity index (χ0) is 20.1. The van der Waals surface area contributed by atoms with E-state index in [1.54, 1.807) is 9.80 Å². The summed E-state index contributed by atoms with van der Waals surface area (Å²) in [6.45, 7) is 4.13. The van der Waals surface area contributed by atoms with E-state index in [9.17, 15) is 9.59 Å². The molecule has 0 N–H and O–H groups in total. The van der Waals surface area contributed by atoms with Crippen LogP contribution < -0.4 is 0 Å². The Morgan fingerprint density at radius 1 is 0.586 bits per heavy atom. The molecule has 0 bridgehead atoms. The van der Waals surface area contributed by atoms with Crippen molar-refractivity contribution in [2.75, 3.05) is 39.3 Å². The number of benzene rings is 2. The van der Waals surface area contributed by atoms with Gasteiger partial charge in [0.15, 0.2) is 0 Å². The highest BCUT2D eigenvalue weighted by molar-refractivity contribution is 6.34. The predicted molar refractivity (Wildman–Crippen MR) is 113 cm³/mol. The van der Waals surface area contributed by atoms with Gasteiger partial charge in [-0.05, 0) is 30.4 Å². The minimum atomic E-state index is -0.331. The second-order valence-electron chi connectivity index (χ2n) is 7.90. The number of hydrogen-bond acceptors (Lipinski definition) is 3. The van der Waals surface area contributed by atoms with Gasteiger partial charge in [-0.2, -0.15) is 0 Å². The molecule has 0 unspecified atom stereocenters. The fourth-order valence-electron chi connectivity index (χ4n) is 4.44. The van der Waals surface area contributed by atoms with E-state index in [4.69, 9.17) is 0 Å². The van der Waals surface area contributed by atoms with Crippen LogP contribution >= 0.6 is 0 Å². The van der Waals surface area contributed by atoms with E-state index in [1.165, 1.54) is 11.1 Å². The first-order valence-electron chi connectivity index (χ1n) is 10.7. The molecule has 2 heterocycles. The van der Waals surface area contributed by atoms with Crippen LogP contribution in [0.5, 0.6) is 0 Å². The fraction of sp³-hybridized carbons (Fsp3) is 0.417. The number of nitrogens with zero attached hydrogens (tertiary/aromatic N) is 3. The van der Waals surface area contributed by atoms with E-state index in [2.05, 4.69) is 53.4 Å². The van der Waals surface area contributed by atoms with Crippen molar-refractivity contribution in [3.63, 3.8) is 0 Å². The van der Waals surface area contributed by atoms with E-state index in [0.717, 1.165) is 32.4 Å². The number of piperidine rings is 1. The van der Waals surface area contributed by atoms with E-state index in [1.807, 2.05) is 12.1 Å². The number of hydrogen-bond donors (Lipinski definition) is 0. The SMILES string of the molecule is O=C(C(=O)N1CCN(C(c2ccccc2)c2ccccc2)CC1)N1CCCCC1. The monoisotopic (exact) mass is 391 g/mol. The largest absolute Gasteiger partial charge is 0.334 e. The first-order chi connectivity index (χ1) is 14.2. The average molecular weight is 392 g/mol. The molecule has 5 heteroatoms. The van der Waals surface area contributed by atoms with Gasteiger partial charge in [-0.15, -0.1) is 0 Å². The summed E-state index contributed by atoms with van der Waals surface area (Å²) in [5, 5.41) is 0. The second kappa shape index (κ2) is 9.23. The summed E-state index contributed by atoms with van der Waals surface area (Å²) in [5.74, 6) is -0.650. The van der Waals surface area contributed by atoms with E-state index < -0.39 is 0 Å². The molecule has 5 nitrogen and oxygen atoms in total. The molecule has 2 aromatic carbocycles. The maximum absolute atomic E-state index is 12.7. The van der Waals surface area contributed by atoms with Crippen LogP contribution in [-0.2, 0) is 9.59 Å². The van der Waals surface area contributed by atoms with Crippen molar-refractivity contribution < 1.29 is 9.59 Å². The van der Waals surface area contributed by atoms with Gasteiger partial charge in [0.25, 0.3) is 0 Å². The van der Waals surface area contributed by atoms with E-state index in [-0.39, 0.29) is 17.9 Å². The van der Waals surface area contributed by atoms with Gasteiger partial charge in [0.2, 0.25) is 0 Å². The summed E-state index contributed by atoms with van der Waals surface area (Å²) in [4.78, 5) is 31.2. The summed E-state index contributed by atoms with van der Waals surface area (Å²) in [6.07, 6.45) is 3.16. The van der Waals surface area contributed by atoms with Crippen LogP contribution in [0.2, 0.25) is 0 Å². The molecule has 2 saturated heterocycles. The predicted octanol–water partition coefficient (Wildman–Crippen LogP) is 2.93. The van der Waals surface area contributed by atoms with E-state index >= 15 is 0 Å². The Morgan fingerprint density at radius 3 is 1.52 bits per heavy atom. The Hall–Kier alpha value is -2.66. The van der Waals surface area contributed by atoms with Crippen molar-refractivity contribution >= 4 is 11.8 Å². The molecule has 4 rings (SSSR count). The normalized spacial score (nSPS) is 18.1. The third kappa shape index (κ3) is 4.51. The third-order valence-electron chi connectivity index (χ3n) is 6.02. The lowest BCUT2D eigenvalue weighted by Crippen LogP contribution is -2.54. The number of amides is 2. The molecule has 29 heavy (non-hydrogen) atoms. The van der Waals surface area contributed by atoms with Gasteiger partial charge in [0, 0.05) is 39.3 Å². The molecule has 0 spiro atoms. The van der Waals surface area contributed by atoms with Gasteiger partial charge < -0.3 is 9.80 Å². The Balaban J connectivity index is 1.44. The van der Waals surface area contributed by atoms with Crippen LogP contribution in [0.4, 0.5) is 0 Å². The highest BCUT2D eigenvalue weighted by Crippen LogP contribution is 2.29. The molecule has 2 aliphatic heterocycles. The van der Waals surface area contributed by atoms with Crippen LogP contribution in [0.15, 0.2) is 60.7 Å². The molecular weight excluding hydrogens is 362 g/mol. The minimum absolute atomic E-state index is 0.160. The minimum Gasteiger partial charge on any atom is -0.334 e. The van der Waals surface area contributed by atoms with Crippen LogP contribution in [0.3, 0.4) is 0 Å². The molecular formula is C24H29N3O2. The topological polar surface area (TPSA) is 43.9 Å². The maximum Gasteiger partial charge on any atom is 0.312 e. The summed E-state index contributed by atoms with van der Waals surface area (Å²) < 4.78 is 0. The van der Waals surface area contributed by atoms with Crippen molar-refractivity contribution in [1.29, 1.82) is 0 Å². The standard InChI is InChI=1S/C24H29N3O2/c28-23(26-14-8-3-9-15-26)24(29)27-18-16-25(17-19-27)22(20-10-4-1-5-11-20)21-12-6-2-7-13-21/h1-2,4-7,10-13,22H,3,8-9,14-19H2. The third-order valence-corrected chi connectivity index (χ3v) is 6.02. The number of carbonyl (C=O) groups is 2. The molecule has 0 saturated carbocycles. The highest BCUT2D eigenvalue weighted by Gasteiger charge is 2.32. The quantitative estimate of drug-likeness (QED) is 0.756. The fourth-order valence-corrected chi connectivity index (χ4v) is 4.44. The summed E-state index contributed by atoms with van der Waals surface area (Å²) >= 11 is 0. The number of likely N-dealkylation sites (tertiary alicyclic amines) is 1. The Kier molecular flexibility index (Phi) is 6.25. The van der Waals surface area contributed by atoms with E-state index in [0.29, 0.717) is 26.2 Å². The van der Waals surface area contributed by atoms with Crippen LogP contribution in [0.25, 0.3) is 0 Å². The smallest absolute Gasteiger partial charge is 0.312 e. The lowest BCUT2D eigenvalue weighted by molar-refractivity contribution is -0.153. The molecule has 0 radical (unpaired) electrons. The van der Waals surface area contributed by atoms with Crippen molar-refractivity contribution in [2.45, 2.75) is 25.3 Å². The lowest BCUT2D eigenvalue weighted by Gasteiger charge is -2.40. The molecule has 0 aliphatic carbocycles. The Labute approximate surface area is 172 Å². The summed E-state index contributed by atoms with van der Waals surface area (Å²) in [6, 6.07) is 21.2. The van der Waals surface area contributed by atoms with Crippen molar-refractivity contribution in [1.82, 2.24) is 14.7 Å². The molecule has 2 aliphatic rings. The maximum atomic E-state index is 12.7. The Bertz CT molecular complexity index is 771. The molecule has 2 fully saturated rings. The van der Waals surface area contributed by atoms with Crippen molar-refractivity contribution in [3.8, 4) is 0 Å². The first-order valence-corrected chi connectivity index (χ1v) is 10.7. The molecule has 0 aromatic heterocycles. The number of rotatable bonds is 3. The molecule has 0 atom stereocenters. The van der Waals surface area contributed by atoms with Gasteiger partial charge in [0.05, 0.1) is 6.04 Å². The summed E-state index contributed by atoms with van der Waals surface area (Å²) in [7, 11) is 0. The zero-order valence-electron chi connectivity index (χ0n) is 16.9. The molecule has 2 aromatic rings. The van der Waals surface area contributed by atoms with Crippen LogP contribution in [0.1, 0.15) is 36.4 Å². The highest BCUT2D eigenvalue weighted by atomic mass is 16.2. The lowest BCUT2D eigenvalue weighted by atomic mass is 9.96. The van der Waals surface area contributed by atoms with Gasteiger partial charge in [0.1, 0.15) is 0 Å². The first kappa shape index (κ1) is 19.6. The van der Waals surface area contributed by atoms with Gasteiger partial charge >= 0.3 is 11.8 Å². The molecule has 152 valence electrons. The number of piperazine rings is 1. The molecule has 2 amide bonds. The average Bonchev–Trinajstić information content (AvgIpc) is 2.81. The van der Waals surface area contributed by atoms with Crippen molar-refractivity contribution in [2.24, 2.45) is 0 Å².